The zero-order chi connectivity index (χ0) is 29.3. The van der Waals surface area contributed by atoms with Gasteiger partial charge in [-0.3, -0.25) is 10.1 Å². The average Bonchev–Trinajstić information content (AvgIpc) is 2.96. The standard InChI is InChI=1S/C31H36N2O6S/c1-5-6-7-8-9-29(23(3)24-12-14-26(15-13-24)31(34)39-4)30(25-16-18-27(19-17-25)33(35)36)32-40(37,38)28-20-10-22(2)11-21-28/h10-21,29-30,32H,3,5-9H2,1-2,4H3/t29-,30+/m1/s1. The first-order valence-electron chi connectivity index (χ1n) is 13.3. The quantitative estimate of drug-likeness (QED) is 0.0974. The molecular formula is C31H36N2O6S. The molecule has 0 fully saturated rings. The van der Waals surface area contributed by atoms with Crippen molar-refractivity contribution in [3.8, 4) is 0 Å². The van der Waals surface area contributed by atoms with Crippen molar-refractivity contribution >= 4 is 27.3 Å². The van der Waals surface area contributed by atoms with Crippen molar-refractivity contribution in [2.45, 2.75) is 56.9 Å². The number of benzene rings is 3. The topological polar surface area (TPSA) is 116 Å². The van der Waals surface area contributed by atoms with Gasteiger partial charge in [0.15, 0.2) is 0 Å². The molecule has 1 N–H and O–H groups in total. The summed E-state index contributed by atoms with van der Waals surface area (Å²) in [5.41, 5.74) is 3.29. The molecule has 0 aliphatic rings. The van der Waals surface area contributed by atoms with E-state index in [4.69, 9.17) is 4.74 Å². The minimum atomic E-state index is -3.95. The molecule has 0 saturated carbocycles. The number of carbonyl (C=O) groups excluding carboxylic acids is 1. The van der Waals surface area contributed by atoms with Crippen molar-refractivity contribution in [3.05, 3.63) is 112 Å². The Morgan fingerprint density at radius 1 is 0.950 bits per heavy atom. The van der Waals surface area contributed by atoms with Gasteiger partial charge < -0.3 is 4.74 Å². The number of nitrogens with one attached hydrogen (secondary N) is 1. The van der Waals surface area contributed by atoms with Crippen LogP contribution in [0.5, 0.6) is 0 Å². The van der Waals surface area contributed by atoms with Gasteiger partial charge in [-0.1, -0.05) is 81.1 Å². The third-order valence-electron chi connectivity index (χ3n) is 6.97. The minimum Gasteiger partial charge on any atom is -0.465 e. The minimum absolute atomic E-state index is 0.0828. The molecule has 8 nitrogen and oxygen atoms in total. The van der Waals surface area contributed by atoms with Crippen molar-refractivity contribution in [3.63, 3.8) is 0 Å². The van der Waals surface area contributed by atoms with Crippen molar-refractivity contribution < 1.29 is 22.9 Å². The maximum atomic E-state index is 13.6. The molecule has 0 spiro atoms. The molecule has 0 saturated heterocycles. The molecule has 0 amide bonds. The summed E-state index contributed by atoms with van der Waals surface area (Å²) in [4.78, 5) is 22.9. The number of sulfonamides is 1. The summed E-state index contributed by atoms with van der Waals surface area (Å²) in [6.07, 6.45) is 4.54. The highest BCUT2D eigenvalue weighted by Crippen LogP contribution is 2.38. The lowest BCUT2D eigenvalue weighted by Gasteiger charge is -2.30. The summed E-state index contributed by atoms with van der Waals surface area (Å²) >= 11 is 0. The summed E-state index contributed by atoms with van der Waals surface area (Å²) in [6.45, 7) is 8.37. The zero-order valence-corrected chi connectivity index (χ0v) is 23.9. The van der Waals surface area contributed by atoms with Crippen LogP contribution in [0, 0.1) is 23.0 Å². The number of esters is 1. The normalized spacial score (nSPS) is 12.9. The van der Waals surface area contributed by atoms with Crippen LogP contribution in [0.3, 0.4) is 0 Å². The maximum absolute atomic E-state index is 13.6. The predicted octanol–water partition coefficient (Wildman–Crippen LogP) is 7.01. The Balaban J connectivity index is 2.07. The number of nitrogens with zero attached hydrogens (tertiary/aromatic N) is 1. The number of nitro groups is 1. The molecule has 0 aromatic heterocycles. The first-order valence-corrected chi connectivity index (χ1v) is 14.8. The van der Waals surface area contributed by atoms with E-state index >= 15 is 0 Å². The first kappa shape index (κ1) is 30.7. The molecular weight excluding hydrogens is 528 g/mol. The van der Waals surface area contributed by atoms with Crippen LogP contribution in [0.2, 0.25) is 0 Å². The monoisotopic (exact) mass is 564 g/mol. The Morgan fingerprint density at radius 2 is 1.55 bits per heavy atom. The number of nitro benzene ring substituents is 1. The van der Waals surface area contributed by atoms with Gasteiger partial charge >= 0.3 is 5.97 Å². The van der Waals surface area contributed by atoms with E-state index in [1.54, 1.807) is 60.7 Å². The largest absolute Gasteiger partial charge is 0.465 e. The van der Waals surface area contributed by atoms with Crippen LogP contribution >= 0.6 is 0 Å². The number of methoxy groups -OCH3 is 1. The summed E-state index contributed by atoms with van der Waals surface area (Å²) in [5.74, 6) is -0.828. The van der Waals surface area contributed by atoms with Crippen LogP contribution in [0.1, 0.15) is 72.1 Å². The molecule has 9 heteroatoms. The molecule has 40 heavy (non-hydrogen) atoms. The number of hydrogen-bond donors (Lipinski definition) is 1. The van der Waals surface area contributed by atoms with Crippen molar-refractivity contribution in [2.75, 3.05) is 7.11 Å². The molecule has 0 aliphatic carbocycles. The van der Waals surface area contributed by atoms with Gasteiger partial charge in [0, 0.05) is 18.1 Å². The van der Waals surface area contributed by atoms with Crippen LogP contribution < -0.4 is 4.72 Å². The lowest BCUT2D eigenvalue weighted by molar-refractivity contribution is -0.384. The molecule has 0 aliphatic heterocycles. The van der Waals surface area contributed by atoms with Crippen LogP contribution in [-0.2, 0) is 14.8 Å². The SMILES string of the molecule is C=C(c1ccc(C(=O)OC)cc1)[C@@H](CCCCCC)[C@@H](NS(=O)(=O)c1ccc(C)cc1)c1ccc([N+](=O)[O-])cc1. The molecule has 0 bridgehead atoms. The molecule has 0 radical (unpaired) electrons. The Bertz CT molecular complexity index is 1420. The van der Waals surface area contributed by atoms with Gasteiger partial charge in [0.2, 0.25) is 10.0 Å². The van der Waals surface area contributed by atoms with E-state index in [1.165, 1.54) is 19.2 Å². The third-order valence-corrected chi connectivity index (χ3v) is 8.43. The van der Waals surface area contributed by atoms with Gasteiger partial charge in [0.1, 0.15) is 0 Å². The second-order valence-electron chi connectivity index (χ2n) is 9.81. The lowest BCUT2D eigenvalue weighted by atomic mass is 9.81. The third kappa shape index (κ3) is 7.86. The summed E-state index contributed by atoms with van der Waals surface area (Å²) < 4.78 is 34.9. The van der Waals surface area contributed by atoms with E-state index in [2.05, 4.69) is 18.2 Å². The van der Waals surface area contributed by atoms with E-state index in [0.29, 0.717) is 23.1 Å². The summed E-state index contributed by atoms with van der Waals surface area (Å²) in [5, 5.41) is 11.3. The molecule has 2 atom stereocenters. The fourth-order valence-corrected chi connectivity index (χ4v) is 5.89. The fourth-order valence-electron chi connectivity index (χ4n) is 4.62. The number of hydrogen-bond acceptors (Lipinski definition) is 6. The van der Waals surface area contributed by atoms with Crippen molar-refractivity contribution in [2.24, 2.45) is 5.92 Å². The lowest BCUT2D eigenvalue weighted by Crippen LogP contribution is -2.34. The average molecular weight is 565 g/mol. The number of aryl methyl sites for hydroxylation is 1. The molecule has 0 heterocycles. The van der Waals surface area contributed by atoms with Crippen LogP contribution in [0.15, 0.2) is 84.3 Å². The van der Waals surface area contributed by atoms with Gasteiger partial charge in [0.25, 0.3) is 5.69 Å². The second kappa shape index (κ2) is 14.0. The second-order valence-corrected chi connectivity index (χ2v) is 11.5. The van der Waals surface area contributed by atoms with Gasteiger partial charge in [0.05, 0.1) is 28.5 Å². The summed E-state index contributed by atoms with van der Waals surface area (Å²) in [7, 11) is -2.64. The Morgan fingerprint density at radius 3 is 2.10 bits per heavy atom. The van der Waals surface area contributed by atoms with E-state index in [-0.39, 0.29) is 16.5 Å². The van der Waals surface area contributed by atoms with E-state index < -0.39 is 27.0 Å². The highest BCUT2D eigenvalue weighted by molar-refractivity contribution is 7.89. The van der Waals surface area contributed by atoms with Crippen LogP contribution in [-0.4, -0.2) is 26.4 Å². The van der Waals surface area contributed by atoms with Crippen molar-refractivity contribution in [1.29, 1.82) is 0 Å². The number of ether oxygens (including phenoxy) is 1. The number of rotatable bonds is 14. The molecule has 3 rings (SSSR count). The van der Waals surface area contributed by atoms with E-state index in [1.807, 2.05) is 6.92 Å². The predicted molar refractivity (Wildman–Crippen MR) is 156 cm³/mol. The zero-order valence-electron chi connectivity index (χ0n) is 23.1. The van der Waals surface area contributed by atoms with Gasteiger partial charge in [-0.25, -0.2) is 17.9 Å². The Labute approximate surface area is 236 Å². The summed E-state index contributed by atoms with van der Waals surface area (Å²) in [6, 6.07) is 18.6. The number of carbonyl (C=O) groups is 1. The number of non-ortho nitro benzene ring substituents is 1. The molecule has 3 aromatic rings. The van der Waals surface area contributed by atoms with Crippen molar-refractivity contribution in [1.82, 2.24) is 4.72 Å². The first-order chi connectivity index (χ1) is 19.1. The van der Waals surface area contributed by atoms with Crippen LogP contribution in [0.4, 0.5) is 5.69 Å². The van der Waals surface area contributed by atoms with Gasteiger partial charge in [-0.05, 0) is 54.3 Å². The number of unbranched alkanes of at least 4 members (excludes halogenated alkanes) is 3. The smallest absolute Gasteiger partial charge is 0.337 e. The highest BCUT2D eigenvalue weighted by atomic mass is 32.2. The van der Waals surface area contributed by atoms with Gasteiger partial charge in [-0.2, -0.15) is 0 Å². The maximum Gasteiger partial charge on any atom is 0.337 e. The Kier molecular flexibility index (Phi) is 10.8. The van der Waals surface area contributed by atoms with E-state index in [9.17, 15) is 23.3 Å². The molecule has 0 unspecified atom stereocenters. The fraction of sp³-hybridized carbons (Fsp3) is 0.323. The Hall–Kier alpha value is -3.82. The highest BCUT2D eigenvalue weighted by Gasteiger charge is 2.31. The molecule has 3 aromatic carbocycles. The van der Waals surface area contributed by atoms with Crippen LogP contribution in [0.25, 0.3) is 5.57 Å². The van der Waals surface area contributed by atoms with E-state index in [0.717, 1.165) is 36.8 Å². The molecule has 212 valence electrons. The van der Waals surface area contributed by atoms with Gasteiger partial charge in [-0.15, -0.1) is 0 Å².